The molecular weight excluding hydrogens is 346 g/mol. The summed E-state index contributed by atoms with van der Waals surface area (Å²) in [6.45, 7) is 4.19. The largest absolute Gasteiger partial charge is 0.497 e. The first-order valence-electron chi connectivity index (χ1n) is 8.52. The minimum atomic E-state index is -0.235. The van der Waals surface area contributed by atoms with Gasteiger partial charge < -0.3 is 14.8 Å². The van der Waals surface area contributed by atoms with E-state index in [1.165, 1.54) is 0 Å². The Bertz CT molecular complexity index is 923. The Kier molecular flexibility index (Phi) is 5.65. The van der Waals surface area contributed by atoms with Crippen molar-refractivity contribution in [1.29, 1.82) is 0 Å². The van der Waals surface area contributed by atoms with Gasteiger partial charge in [0.15, 0.2) is 5.82 Å². The second kappa shape index (κ2) is 8.31. The zero-order valence-electron chi connectivity index (χ0n) is 15.4. The molecule has 140 valence electrons. The Morgan fingerprint density at radius 3 is 2.70 bits per heavy atom. The van der Waals surface area contributed by atoms with E-state index < -0.39 is 0 Å². The molecule has 2 aromatic carbocycles. The fourth-order valence-corrected chi connectivity index (χ4v) is 2.49. The third kappa shape index (κ3) is 4.60. The molecule has 0 spiro atoms. The van der Waals surface area contributed by atoms with Gasteiger partial charge in [-0.25, -0.2) is 4.68 Å². The van der Waals surface area contributed by atoms with Gasteiger partial charge in [-0.3, -0.25) is 4.79 Å². The van der Waals surface area contributed by atoms with Crippen molar-refractivity contribution in [3.05, 3.63) is 59.9 Å². The normalized spacial score (nSPS) is 10.7. The number of amides is 1. The highest BCUT2D eigenvalue weighted by Gasteiger charge is 2.11. The van der Waals surface area contributed by atoms with Crippen molar-refractivity contribution in [3.63, 3.8) is 0 Å². The molecule has 0 saturated heterocycles. The summed E-state index contributed by atoms with van der Waals surface area (Å²) < 4.78 is 12.6. The van der Waals surface area contributed by atoms with Crippen LogP contribution < -0.4 is 14.8 Å². The Morgan fingerprint density at radius 1 is 1.15 bits per heavy atom. The van der Waals surface area contributed by atoms with E-state index in [-0.39, 0.29) is 18.6 Å². The molecule has 0 unspecified atom stereocenters. The third-order valence-corrected chi connectivity index (χ3v) is 3.84. The van der Waals surface area contributed by atoms with Gasteiger partial charge >= 0.3 is 0 Å². The number of rotatable bonds is 7. The second-order valence-electron chi connectivity index (χ2n) is 6.14. The third-order valence-electron chi connectivity index (χ3n) is 3.84. The molecular formula is C19H21N5O3. The highest BCUT2D eigenvalue weighted by molar-refractivity contribution is 6.04. The first-order chi connectivity index (χ1) is 13.1. The predicted octanol–water partition coefficient (Wildman–Crippen LogP) is 3.09. The fraction of sp³-hybridized carbons (Fsp3) is 0.263. The van der Waals surface area contributed by atoms with E-state index in [1.807, 2.05) is 26.0 Å². The van der Waals surface area contributed by atoms with Crippen molar-refractivity contribution in [2.45, 2.75) is 26.5 Å². The van der Waals surface area contributed by atoms with Crippen LogP contribution in [0.1, 0.15) is 36.1 Å². The average Bonchev–Trinajstić information content (AvgIpc) is 3.16. The van der Waals surface area contributed by atoms with E-state index in [1.54, 1.807) is 48.2 Å². The molecule has 3 rings (SSSR count). The lowest BCUT2D eigenvalue weighted by atomic mass is 10.2. The molecule has 1 aromatic heterocycles. The van der Waals surface area contributed by atoms with Crippen LogP contribution in [0.2, 0.25) is 0 Å². The van der Waals surface area contributed by atoms with Gasteiger partial charge in [-0.15, -0.1) is 5.10 Å². The number of hydrogen-bond acceptors (Lipinski definition) is 6. The van der Waals surface area contributed by atoms with Crippen LogP contribution in [0, 0.1) is 0 Å². The van der Waals surface area contributed by atoms with Crippen molar-refractivity contribution in [1.82, 2.24) is 20.2 Å². The molecule has 0 aliphatic rings. The number of anilines is 1. The Morgan fingerprint density at radius 2 is 1.93 bits per heavy atom. The molecule has 1 N–H and O–H groups in total. The molecule has 0 fully saturated rings. The molecule has 27 heavy (non-hydrogen) atoms. The SMILES string of the molecule is COc1cccc(NC(=O)c2cccc(OCc3nnnn3C(C)C)c2)c1. The van der Waals surface area contributed by atoms with Gasteiger partial charge in [0.25, 0.3) is 5.91 Å². The van der Waals surface area contributed by atoms with Crippen molar-refractivity contribution >= 4 is 11.6 Å². The van der Waals surface area contributed by atoms with Gasteiger partial charge in [-0.05, 0) is 54.6 Å². The van der Waals surface area contributed by atoms with Gasteiger partial charge in [0, 0.05) is 17.3 Å². The lowest BCUT2D eigenvalue weighted by Gasteiger charge is -2.10. The molecule has 0 aliphatic heterocycles. The summed E-state index contributed by atoms with van der Waals surface area (Å²) in [6.07, 6.45) is 0. The number of aromatic nitrogens is 4. The lowest BCUT2D eigenvalue weighted by Crippen LogP contribution is -2.13. The topological polar surface area (TPSA) is 91.2 Å². The molecule has 0 aliphatic carbocycles. The van der Waals surface area contributed by atoms with Crippen LogP contribution in [-0.2, 0) is 6.61 Å². The molecule has 1 heterocycles. The maximum Gasteiger partial charge on any atom is 0.255 e. The summed E-state index contributed by atoms with van der Waals surface area (Å²) in [6, 6.07) is 14.3. The van der Waals surface area contributed by atoms with E-state index in [9.17, 15) is 4.79 Å². The van der Waals surface area contributed by atoms with Gasteiger partial charge in [0.1, 0.15) is 18.1 Å². The molecule has 8 nitrogen and oxygen atoms in total. The summed E-state index contributed by atoms with van der Waals surface area (Å²) in [5, 5.41) is 14.4. The number of benzene rings is 2. The quantitative estimate of drug-likeness (QED) is 0.690. The van der Waals surface area contributed by atoms with E-state index >= 15 is 0 Å². The Labute approximate surface area is 157 Å². The number of ether oxygens (including phenoxy) is 2. The van der Waals surface area contributed by atoms with Crippen LogP contribution in [0.4, 0.5) is 5.69 Å². The predicted molar refractivity (Wildman–Crippen MR) is 99.9 cm³/mol. The number of hydrogen-bond donors (Lipinski definition) is 1. The number of nitrogens with one attached hydrogen (secondary N) is 1. The fourth-order valence-electron chi connectivity index (χ4n) is 2.49. The molecule has 0 radical (unpaired) electrons. The van der Waals surface area contributed by atoms with Crippen LogP contribution in [0.15, 0.2) is 48.5 Å². The monoisotopic (exact) mass is 367 g/mol. The number of nitrogens with zero attached hydrogens (tertiary/aromatic N) is 4. The summed E-state index contributed by atoms with van der Waals surface area (Å²) in [5.41, 5.74) is 1.14. The lowest BCUT2D eigenvalue weighted by molar-refractivity contribution is 0.102. The van der Waals surface area contributed by atoms with E-state index in [4.69, 9.17) is 9.47 Å². The van der Waals surface area contributed by atoms with Crippen LogP contribution in [0.25, 0.3) is 0 Å². The number of carbonyl (C=O) groups is 1. The first-order valence-corrected chi connectivity index (χ1v) is 8.52. The van der Waals surface area contributed by atoms with Gasteiger partial charge in [0.2, 0.25) is 0 Å². The molecule has 3 aromatic rings. The van der Waals surface area contributed by atoms with Crippen molar-refractivity contribution in [2.75, 3.05) is 12.4 Å². The summed E-state index contributed by atoms with van der Waals surface area (Å²) in [7, 11) is 1.58. The standard InChI is InChI=1S/C19H21N5O3/c1-13(2)24-18(21-22-23-24)12-27-17-9-4-6-14(10-17)19(25)20-15-7-5-8-16(11-15)26-3/h4-11,13H,12H2,1-3H3,(H,20,25). The highest BCUT2D eigenvalue weighted by Crippen LogP contribution is 2.19. The van der Waals surface area contributed by atoms with Crippen LogP contribution in [-0.4, -0.2) is 33.2 Å². The van der Waals surface area contributed by atoms with Gasteiger partial charge in [-0.1, -0.05) is 12.1 Å². The summed E-state index contributed by atoms with van der Waals surface area (Å²) in [4.78, 5) is 12.5. The van der Waals surface area contributed by atoms with Crippen molar-refractivity contribution in [3.8, 4) is 11.5 Å². The molecule has 8 heteroatoms. The Balaban J connectivity index is 1.67. The van der Waals surface area contributed by atoms with Gasteiger partial charge in [0.05, 0.1) is 13.2 Å². The maximum atomic E-state index is 12.5. The zero-order valence-corrected chi connectivity index (χ0v) is 15.4. The smallest absolute Gasteiger partial charge is 0.255 e. The number of carbonyl (C=O) groups excluding carboxylic acids is 1. The second-order valence-corrected chi connectivity index (χ2v) is 6.14. The summed E-state index contributed by atoms with van der Waals surface area (Å²) >= 11 is 0. The minimum Gasteiger partial charge on any atom is -0.497 e. The van der Waals surface area contributed by atoms with Crippen LogP contribution >= 0.6 is 0 Å². The molecule has 0 atom stereocenters. The number of tetrazole rings is 1. The molecule has 0 bridgehead atoms. The highest BCUT2D eigenvalue weighted by atomic mass is 16.5. The first kappa shape index (κ1) is 18.4. The van der Waals surface area contributed by atoms with E-state index in [0.29, 0.717) is 28.6 Å². The van der Waals surface area contributed by atoms with Crippen LogP contribution in [0.5, 0.6) is 11.5 Å². The minimum absolute atomic E-state index is 0.138. The average molecular weight is 367 g/mol. The Hall–Kier alpha value is -3.42. The van der Waals surface area contributed by atoms with E-state index in [2.05, 4.69) is 20.8 Å². The molecule has 1 amide bonds. The molecule has 0 saturated carbocycles. The van der Waals surface area contributed by atoms with Crippen LogP contribution in [0.3, 0.4) is 0 Å². The van der Waals surface area contributed by atoms with Gasteiger partial charge in [-0.2, -0.15) is 0 Å². The van der Waals surface area contributed by atoms with Crippen molar-refractivity contribution < 1.29 is 14.3 Å². The van der Waals surface area contributed by atoms with E-state index in [0.717, 1.165) is 0 Å². The zero-order chi connectivity index (χ0) is 19.2. The number of methoxy groups -OCH3 is 1. The van der Waals surface area contributed by atoms with Crippen molar-refractivity contribution in [2.24, 2.45) is 0 Å². The maximum absolute atomic E-state index is 12.5. The summed E-state index contributed by atoms with van der Waals surface area (Å²) in [5.74, 6) is 1.62.